The zero-order chi connectivity index (χ0) is 36.7. The number of ether oxygens (including phenoxy) is 1. The van der Waals surface area contributed by atoms with Crippen LogP contribution in [0.4, 0.5) is 5.69 Å². The van der Waals surface area contributed by atoms with Crippen molar-refractivity contribution >= 4 is 29.1 Å². The predicted molar refractivity (Wildman–Crippen MR) is 196 cm³/mol. The first-order valence-corrected chi connectivity index (χ1v) is 18.1. The van der Waals surface area contributed by atoms with Crippen molar-refractivity contribution in [2.75, 3.05) is 59.9 Å². The van der Waals surface area contributed by atoms with Crippen LogP contribution in [-0.2, 0) is 16.2 Å². The smallest absolute Gasteiger partial charge is 0.251 e. The summed E-state index contributed by atoms with van der Waals surface area (Å²) in [5.41, 5.74) is 3.65. The number of nitrogens with one attached hydrogen (secondary N) is 2. The number of amides is 2. The summed E-state index contributed by atoms with van der Waals surface area (Å²) in [5, 5.41) is 29.5. The highest BCUT2D eigenvalue weighted by atomic mass is 35.5. The van der Waals surface area contributed by atoms with Gasteiger partial charge < -0.3 is 35.4 Å². The molecule has 6 rings (SSSR count). The highest BCUT2D eigenvalue weighted by Crippen LogP contribution is 2.61. The van der Waals surface area contributed by atoms with Crippen molar-refractivity contribution < 1.29 is 29.4 Å². The summed E-state index contributed by atoms with van der Waals surface area (Å²) in [6.07, 6.45) is 0.386. The van der Waals surface area contributed by atoms with Crippen LogP contribution in [0.25, 0.3) is 11.1 Å². The molecule has 4 aliphatic rings. The number of hydrogen-bond donors (Lipinski definition) is 4. The Morgan fingerprint density at radius 2 is 1.88 bits per heavy atom. The summed E-state index contributed by atoms with van der Waals surface area (Å²) in [6.45, 7) is 9.41. The Morgan fingerprint density at radius 3 is 2.46 bits per heavy atom. The highest BCUT2D eigenvalue weighted by molar-refractivity contribution is 6.31. The lowest BCUT2D eigenvalue weighted by atomic mass is 9.45. The van der Waals surface area contributed by atoms with Crippen LogP contribution in [0, 0.1) is 29.1 Å². The second-order valence-electron chi connectivity index (χ2n) is 15.6. The zero-order valence-electron chi connectivity index (χ0n) is 31.0. The van der Waals surface area contributed by atoms with E-state index in [0.29, 0.717) is 58.3 Å². The molecule has 3 saturated carbocycles. The number of fused-ring (bicyclic) bond motifs is 2. The van der Waals surface area contributed by atoms with E-state index in [-0.39, 0.29) is 36.4 Å². The molecule has 1 saturated heterocycles. The fourth-order valence-electron chi connectivity index (χ4n) is 8.50. The van der Waals surface area contributed by atoms with Crippen LogP contribution >= 0.6 is 11.6 Å². The molecule has 1 aliphatic heterocycles. The minimum Gasteiger partial charge on any atom is -0.496 e. The summed E-state index contributed by atoms with van der Waals surface area (Å²) in [4.78, 5) is 37.7. The van der Waals surface area contributed by atoms with Crippen LogP contribution in [0.15, 0.2) is 30.3 Å². The zero-order valence-corrected chi connectivity index (χ0v) is 31.8. The number of carbonyl (C=O) groups is 2. The molecule has 2 aromatic carbocycles. The molecule has 2 aromatic rings. The predicted octanol–water partition coefficient (Wildman–Crippen LogP) is 4.03. The molecule has 0 radical (unpaired) electrons. The molecule has 2 bridgehead atoms. The topological polar surface area (TPSA) is 127 Å². The maximum Gasteiger partial charge on any atom is 0.251 e. The minimum atomic E-state index is -0.927. The van der Waals surface area contributed by atoms with E-state index in [1.807, 2.05) is 62.3 Å². The maximum atomic E-state index is 14.2. The first-order chi connectivity index (χ1) is 23.6. The van der Waals surface area contributed by atoms with E-state index in [0.717, 1.165) is 17.7 Å². The number of hydrogen-bond acceptors (Lipinski definition) is 9. The molecule has 4 N–H and O–H groups in total. The third kappa shape index (κ3) is 7.49. The summed E-state index contributed by atoms with van der Waals surface area (Å²) in [6, 6.07) is 8.42. The van der Waals surface area contributed by atoms with Gasteiger partial charge in [0.2, 0.25) is 5.91 Å². The summed E-state index contributed by atoms with van der Waals surface area (Å²) in [7, 11) is 9.31. The molecule has 1 heterocycles. The number of hydroxylamine groups is 2. The molecule has 50 heavy (non-hydrogen) atoms. The molecule has 276 valence electrons. The molecule has 2 amide bonds. The Hall–Kier alpha value is -2.93. The number of rotatable bonds is 13. The van der Waals surface area contributed by atoms with Crippen molar-refractivity contribution in [3.63, 3.8) is 0 Å². The summed E-state index contributed by atoms with van der Waals surface area (Å²) < 4.78 is 6.02. The molecular formula is C38H56ClN5O6. The lowest BCUT2D eigenvalue weighted by molar-refractivity contribution is -0.183. The van der Waals surface area contributed by atoms with Crippen molar-refractivity contribution in [2.45, 2.75) is 71.4 Å². The number of aliphatic hydroxyl groups is 2. The number of carbonyl (C=O) groups excluding carboxylic acids is 2. The SMILES string of the molecule is COc1c(-c2cc(C(=O)NCCN(C)C)cc(N(C)C)c2)ccc(Cl)c1CN1O[C@@H](CO)[C@@H]([C@H](C)O)[C@H]1C(=O)N[C@H]1C[C@H]2C[C@@H]([C@@H]1C)C2(C)C. The average molecular weight is 714 g/mol. The fraction of sp³-hybridized carbons (Fsp3) is 0.632. The van der Waals surface area contributed by atoms with Gasteiger partial charge in [-0.2, -0.15) is 5.06 Å². The van der Waals surface area contributed by atoms with Gasteiger partial charge in [0.05, 0.1) is 26.4 Å². The number of benzene rings is 2. The number of methoxy groups -OCH3 is 1. The second kappa shape index (κ2) is 15.4. The van der Waals surface area contributed by atoms with Crippen LogP contribution in [0.1, 0.15) is 56.5 Å². The Kier molecular flexibility index (Phi) is 11.8. The molecule has 3 aliphatic carbocycles. The van der Waals surface area contributed by atoms with E-state index < -0.39 is 24.2 Å². The molecule has 0 unspecified atom stereocenters. The first kappa shape index (κ1) is 38.3. The Morgan fingerprint density at radius 1 is 1.16 bits per heavy atom. The number of halogens is 1. The number of anilines is 1. The Balaban J connectivity index is 1.47. The van der Waals surface area contributed by atoms with E-state index in [9.17, 15) is 19.8 Å². The van der Waals surface area contributed by atoms with E-state index in [2.05, 4.69) is 31.4 Å². The van der Waals surface area contributed by atoms with Crippen molar-refractivity contribution in [2.24, 2.45) is 29.1 Å². The van der Waals surface area contributed by atoms with E-state index >= 15 is 0 Å². The minimum absolute atomic E-state index is 0.0173. The van der Waals surface area contributed by atoms with Gasteiger partial charge in [0.15, 0.2) is 0 Å². The lowest BCUT2D eigenvalue weighted by Crippen LogP contribution is -2.62. The van der Waals surface area contributed by atoms with Crippen LogP contribution in [0.5, 0.6) is 5.75 Å². The van der Waals surface area contributed by atoms with Gasteiger partial charge in [0.1, 0.15) is 17.9 Å². The molecular weight excluding hydrogens is 658 g/mol. The van der Waals surface area contributed by atoms with Gasteiger partial charge in [-0.15, -0.1) is 0 Å². The van der Waals surface area contributed by atoms with Crippen molar-refractivity contribution in [1.29, 1.82) is 0 Å². The van der Waals surface area contributed by atoms with E-state index in [1.165, 1.54) is 6.42 Å². The quantitative estimate of drug-likeness (QED) is 0.244. The lowest BCUT2D eigenvalue weighted by Gasteiger charge is -2.62. The summed E-state index contributed by atoms with van der Waals surface area (Å²) >= 11 is 6.87. The normalized spacial score (nSPS) is 27.8. The van der Waals surface area contributed by atoms with E-state index in [4.69, 9.17) is 21.2 Å². The first-order valence-electron chi connectivity index (χ1n) is 17.7. The van der Waals surface area contributed by atoms with Crippen molar-refractivity contribution in [3.8, 4) is 16.9 Å². The van der Waals surface area contributed by atoms with Gasteiger partial charge >= 0.3 is 0 Å². The maximum absolute atomic E-state index is 14.2. The number of likely N-dealkylation sites (N-methyl/N-ethyl adjacent to an activating group) is 1. The van der Waals surface area contributed by atoms with E-state index in [1.54, 1.807) is 25.2 Å². The molecule has 8 atom stereocenters. The summed E-state index contributed by atoms with van der Waals surface area (Å²) in [5.74, 6) is 0.792. The van der Waals surface area contributed by atoms with Crippen molar-refractivity contribution in [3.05, 3.63) is 46.5 Å². The third-order valence-corrected chi connectivity index (χ3v) is 12.0. The van der Waals surface area contributed by atoms with Gasteiger partial charge in [0, 0.05) is 66.5 Å². The molecule has 12 heteroatoms. The molecule has 0 spiro atoms. The number of nitrogens with zero attached hydrogens (tertiary/aromatic N) is 3. The van der Waals surface area contributed by atoms with Gasteiger partial charge in [-0.1, -0.05) is 32.4 Å². The number of aliphatic hydroxyl groups excluding tert-OH is 2. The Bertz CT molecular complexity index is 1550. The molecule has 0 aromatic heterocycles. The second-order valence-corrected chi connectivity index (χ2v) is 16.0. The fourth-order valence-corrected chi connectivity index (χ4v) is 8.71. The van der Waals surface area contributed by atoms with Gasteiger partial charge in [0.25, 0.3) is 5.91 Å². The third-order valence-electron chi connectivity index (χ3n) is 11.6. The van der Waals surface area contributed by atoms with Crippen LogP contribution in [0.2, 0.25) is 5.02 Å². The van der Waals surface area contributed by atoms with Crippen LogP contribution in [0.3, 0.4) is 0 Å². The van der Waals surface area contributed by atoms with Gasteiger partial charge in [-0.05, 0) is 92.9 Å². The van der Waals surface area contributed by atoms with Crippen LogP contribution < -0.4 is 20.3 Å². The largest absolute Gasteiger partial charge is 0.496 e. The molecule has 11 nitrogen and oxygen atoms in total. The molecule has 4 fully saturated rings. The van der Waals surface area contributed by atoms with Gasteiger partial charge in [-0.25, -0.2) is 0 Å². The van der Waals surface area contributed by atoms with Crippen LogP contribution in [-0.4, -0.2) is 111 Å². The Labute approximate surface area is 302 Å². The standard InChI is InChI=1S/C38H56ClN5O6/c1-21-29-17-25(38(29,3)4)18-31(21)41-37(48)34-33(22(2)46)32(20-45)50-44(34)19-28-30(39)11-10-27(35(28)49-9)23-14-24(16-26(15-23)43(7)8)36(47)40-12-13-42(5)6/h10-11,14-16,21-22,25,29,31-34,45-46H,12-13,17-20H2,1-9H3,(H,40,47)(H,41,48)/t21-,22-,25+,29-,31-,32-,33+,34-/m0/s1. The average Bonchev–Trinajstić information content (AvgIpc) is 3.44. The monoisotopic (exact) mass is 713 g/mol. The van der Waals surface area contributed by atoms with Crippen molar-refractivity contribution in [1.82, 2.24) is 20.6 Å². The van der Waals surface area contributed by atoms with Gasteiger partial charge in [-0.3, -0.25) is 14.4 Å². The highest BCUT2D eigenvalue weighted by Gasteiger charge is 2.57.